The summed E-state index contributed by atoms with van der Waals surface area (Å²) in [6.07, 6.45) is 1.35. The number of alkyl halides is 2. The van der Waals surface area contributed by atoms with E-state index in [9.17, 15) is 18.4 Å². The van der Waals surface area contributed by atoms with Crippen molar-refractivity contribution in [1.29, 1.82) is 0 Å². The number of primary amides is 1. The molecule has 0 radical (unpaired) electrons. The van der Waals surface area contributed by atoms with Crippen LogP contribution in [0.2, 0.25) is 5.02 Å². The van der Waals surface area contributed by atoms with Gasteiger partial charge in [0, 0.05) is 43.0 Å². The first-order valence-corrected chi connectivity index (χ1v) is 10.7. The van der Waals surface area contributed by atoms with E-state index in [2.05, 4.69) is 21.7 Å². The minimum atomic E-state index is -3.08. The van der Waals surface area contributed by atoms with E-state index in [1.165, 1.54) is 29.1 Å². The van der Waals surface area contributed by atoms with E-state index < -0.39 is 12.5 Å². The Labute approximate surface area is 188 Å². The largest absolute Gasteiger partial charge is 0.434 e. The molecule has 2 unspecified atom stereocenters. The summed E-state index contributed by atoms with van der Waals surface area (Å²) in [7, 11) is 0. The van der Waals surface area contributed by atoms with E-state index in [0.29, 0.717) is 24.9 Å². The third-order valence-electron chi connectivity index (χ3n) is 6.10. The summed E-state index contributed by atoms with van der Waals surface area (Å²) in [6.45, 7) is 3.34. The van der Waals surface area contributed by atoms with Crippen LogP contribution >= 0.6 is 11.6 Å². The maximum Gasteiger partial charge on any atom is 0.387 e. The summed E-state index contributed by atoms with van der Waals surface area (Å²) in [5, 5.41) is 4.54. The van der Waals surface area contributed by atoms with Crippen LogP contribution < -0.4 is 10.5 Å². The van der Waals surface area contributed by atoms with Gasteiger partial charge in [-0.15, -0.1) is 0 Å². The van der Waals surface area contributed by atoms with Crippen LogP contribution in [0.5, 0.6) is 5.75 Å². The molecular weight excluding hydrogens is 444 g/mol. The number of hydrogen-bond acceptors (Lipinski definition) is 5. The molecule has 2 saturated heterocycles. The van der Waals surface area contributed by atoms with Crippen molar-refractivity contribution in [3.8, 4) is 17.0 Å². The molecule has 2 aromatic rings. The number of aromatic nitrogens is 2. The van der Waals surface area contributed by atoms with Crippen LogP contribution in [-0.4, -0.2) is 70.7 Å². The fraction of sp³-hybridized carbons (Fsp3) is 0.476. The van der Waals surface area contributed by atoms with Gasteiger partial charge >= 0.3 is 6.61 Å². The van der Waals surface area contributed by atoms with E-state index in [1.807, 2.05) is 4.90 Å². The lowest BCUT2D eigenvalue weighted by atomic mass is 10.0. The molecule has 2 N–H and O–H groups in total. The maximum absolute atomic E-state index is 12.9. The molecule has 0 aliphatic carbocycles. The van der Waals surface area contributed by atoms with Crippen LogP contribution in [0.4, 0.5) is 8.78 Å². The molecule has 172 valence electrons. The van der Waals surface area contributed by atoms with Crippen LogP contribution in [0.3, 0.4) is 0 Å². The molecule has 2 fully saturated rings. The zero-order valence-electron chi connectivity index (χ0n) is 17.5. The first kappa shape index (κ1) is 22.5. The highest BCUT2D eigenvalue weighted by Gasteiger charge is 2.41. The summed E-state index contributed by atoms with van der Waals surface area (Å²) in [4.78, 5) is 29.1. The fourth-order valence-electron chi connectivity index (χ4n) is 4.56. The van der Waals surface area contributed by atoms with Gasteiger partial charge in [0.1, 0.15) is 18.0 Å². The molecule has 0 spiro atoms. The molecule has 3 heterocycles. The average Bonchev–Trinajstić information content (AvgIpc) is 3.41. The monoisotopic (exact) mass is 467 g/mol. The number of carbonyl (C=O) groups is 2. The molecule has 11 heteroatoms. The molecule has 1 aromatic heterocycles. The Hall–Kier alpha value is -2.72. The predicted molar refractivity (Wildman–Crippen MR) is 113 cm³/mol. The quantitative estimate of drug-likeness (QED) is 0.674. The Morgan fingerprint density at radius 2 is 1.94 bits per heavy atom. The van der Waals surface area contributed by atoms with Crippen molar-refractivity contribution in [2.45, 2.75) is 20.1 Å². The van der Waals surface area contributed by atoms with Crippen molar-refractivity contribution in [2.24, 2.45) is 17.6 Å². The van der Waals surface area contributed by atoms with Gasteiger partial charge in [-0.05, 0) is 36.6 Å². The summed E-state index contributed by atoms with van der Waals surface area (Å²) < 4.78 is 31.5. The average molecular weight is 468 g/mol. The van der Waals surface area contributed by atoms with E-state index >= 15 is 0 Å². The van der Waals surface area contributed by atoms with Crippen molar-refractivity contribution in [1.82, 2.24) is 19.6 Å². The van der Waals surface area contributed by atoms with Crippen LogP contribution in [0.15, 0.2) is 24.4 Å². The number of amides is 2. The zero-order valence-corrected chi connectivity index (χ0v) is 18.3. The molecule has 1 aromatic carbocycles. The maximum atomic E-state index is 12.9. The number of hydrogen-bond donors (Lipinski definition) is 1. The van der Waals surface area contributed by atoms with E-state index in [0.717, 1.165) is 19.6 Å². The van der Waals surface area contributed by atoms with Crippen LogP contribution in [-0.2, 0) is 11.3 Å². The summed E-state index contributed by atoms with van der Waals surface area (Å²) >= 11 is 6.02. The topological polar surface area (TPSA) is 93.7 Å². The SMILES string of the molecule is CCN1CC2CN(C(=O)Cn3cc(C(N)=O)c(-c4cc(Cl)ccc4OC(F)F)n3)CC2C1. The standard InChI is InChI=1S/C21H24ClF2N5O3/c1-2-27-6-12-8-28(9-13(12)7-27)18(30)11-29-10-16(20(25)31)19(26-29)15-5-14(22)3-4-17(15)32-21(23)24/h3-5,10,12-13,21H,2,6-9,11H2,1H3,(H2,25,31). The van der Waals surface area contributed by atoms with Crippen LogP contribution in [0.1, 0.15) is 17.3 Å². The minimum absolute atomic E-state index is 0.0175. The molecule has 2 amide bonds. The normalized spacial score (nSPS) is 20.7. The van der Waals surface area contributed by atoms with Crippen molar-refractivity contribution in [3.05, 3.63) is 35.0 Å². The lowest BCUT2D eigenvalue weighted by molar-refractivity contribution is -0.131. The zero-order chi connectivity index (χ0) is 23.0. The lowest BCUT2D eigenvalue weighted by Crippen LogP contribution is -2.35. The molecule has 0 saturated carbocycles. The van der Waals surface area contributed by atoms with Gasteiger partial charge in [-0.1, -0.05) is 18.5 Å². The summed E-state index contributed by atoms with van der Waals surface area (Å²) in [5.74, 6) is -0.196. The highest BCUT2D eigenvalue weighted by molar-refractivity contribution is 6.31. The van der Waals surface area contributed by atoms with E-state index in [4.69, 9.17) is 17.3 Å². The Morgan fingerprint density at radius 3 is 2.53 bits per heavy atom. The predicted octanol–water partition coefficient (Wildman–Crippen LogP) is 2.31. The van der Waals surface area contributed by atoms with Crippen molar-refractivity contribution in [3.63, 3.8) is 0 Å². The van der Waals surface area contributed by atoms with Gasteiger partial charge in [-0.25, -0.2) is 0 Å². The molecule has 8 nitrogen and oxygen atoms in total. The van der Waals surface area contributed by atoms with Gasteiger partial charge in [0.15, 0.2) is 0 Å². The van der Waals surface area contributed by atoms with E-state index in [1.54, 1.807) is 0 Å². The second kappa shape index (κ2) is 9.03. The van der Waals surface area contributed by atoms with Gasteiger partial charge < -0.3 is 20.3 Å². The second-order valence-electron chi connectivity index (χ2n) is 8.14. The first-order valence-electron chi connectivity index (χ1n) is 10.4. The van der Waals surface area contributed by atoms with Gasteiger partial charge in [-0.3, -0.25) is 14.3 Å². The molecule has 4 rings (SSSR count). The molecule has 2 aliphatic rings. The Balaban J connectivity index is 1.55. The van der Waals surface area contributed by atoms with Crippen LogP contribution in [0, 0.1) is 11.8 Å². The third kappa shape index (κ3) is 4.56. The minimum Gasteiger partial charge on any atom is -0.434 e. The Morgan fingerprint density at radius 1 is 1.25 bits per heavy atom. The number of rotatable bonds is 7. The fourth-order valence-corrected chi connectivity index (χ4v) is 4.73. The van der Waals surface area contributed by atoms with Gasteiger partial charge in [0.05, 0.1) is 5.56 Å². The van der Waals surface area contributed by atoms with Gasteiger partial charge in [0.25, 0.3) is 5.91 Å². The molecule has 2 aliphatic heterocycles. The number of fused-ring (bicyclic) bond motifs is 1. The first-order chi connectivity index (χ1) is 15.2. The number of ether oxygens (including phenoxy) is 1. The second-order valence-corrected chi connectivity index (χ2v) is 8.58. The highest BCUT2D eigenvalue weighted by atomic mass is 35.5. The molecular formula is C21H24ClF2N5O3. The smallest absolute Gasteiger partial charge is 0.387 e. The van der Waals surface area contributed by atoms with Gasteiger partial charge in [-0.2, -0.15) is 13.9 Å². The van der Waals surface area contributed by atoms with Crippen molar-refractivity contribution >= 4 is 23.4 Å². The number of benzene rings is 1. The third-order valence-corrected chi connectivity index (χ3v) is 6.33. The number of halogens is 3. The van der Waals surface area contributed by atoms with Crippen molar-refractivity contribution < 1.29 is 23.1 Å². The summed E-state index contributed by atoms with van der Waals surface area (Å²) in [5.41, 5.74) is 5.58. The lowest BCUT2D eigenvalue weighted by Gasteiger charge is -2.20. The molecule has 2 atom stereocenters. The number of nitrogens with zero attached hydrogens (tertiary/aromatic N) is 4. The Bertz CT molecular complexity index is 1020. The summed E-state index contributed by atoms with van der Waals surface area (Å²) in [6, 6.07) is 4.01. The van der Waals surface area contributed by atoms with E-state index in [-0.39, 0.29) is 40.0 Å². The molecule has 32 heavy (non-hydrogen) atoms. The van der Waals surface area contributed by atoms with Gasteiger partial charge in [0.2, 0.25) is 5.91 Å². The Kier molecular flexibility index (Phi) is 6.34. The number of nitrogens with two attached hydrogens (primary N) is 1. The molecule has 0 bridgehead atoms. The van der Waals surface area contributed by atoms with Crippen LogP contribution in [0.25, 0.3) is 11.3 Å². The van der Waals surface area contributed by atoms with Crippen molar-refractivity contribution in [2.75, 3.05) is 32.7 Å². The number of likely N-dealkylation sites (tertiary alicyclic amines) is 2. The number of carbonyl (C=O) groups excluding carboxylic acids is 2. The highest BCUT2D eigenvalue weighted by Crippen LogP contribution is 2.35.